The lowest BCUT2D eigenvalue weighted by Crippen LogP contribution is -2.55. The molecule has 0 radical (unpaired) electrons. The van der Waals surface area contributed by atoms with Crippen molar-refractivity contribution in [2.75, 3.05) is 0 Å². The molecule has 0 saturated carbocycles. The van der Waals surface area contributed by atoms with Crippen LogP contribution in [0.3, 0.4) is 0 Å². The normalized spacial score (nSPS) is 15.9. The van der Waals surface area contributed by atoms with E-state index < -0.39 is 8.07 Å². The summed E-state index contributed by atoms with van der Waals surface area (Å²) in [5.74, 6) is 0. The van der Waals surface area contributed by atoms with E-state index in [4.69, 9.17) is 0 Å². The Hall–Kier alpha value is 0.217. The zero-order chi connectivity index (χ0) is 12.0. The number of rotatable bonds is 0. The van der Waals surface area contributed by atoms with Crippen LogP contribution in [0.1, 0.15) is 62.3 Å². The van der Waals surface area contributed by atoms with Crippen molar-refractivity contribution in [2.24, 2.45) is 0 Å². The molecule has 0 spiro atoms. The Labute approximate surface area is 92.5 Å². The summed E-state index contributed by atoms with van der Waals surface area (Å²) in [6, 6.07) is 0. The van der Waals surface area contributed by atoms with Crippen LogP contribution in [-0.2, 0) is 0 Å². The molecule has 0 bridgehead atoms. The van der Waals surface area contributed by atoms with Gasteiger partial charge in [0.15, 0.2) is 0 Å². The topological polar surface area (TPSA) is 0 Å². The largest absolute Gasteiger partial charge is 0.0680 e. The van der Waals surface area contributed by atoms with Crippen LogP contribution in [0.2, 0.25) is 21.7 Å². The van der Waals surface area contributed by atoms with Crippen LogP contribution < -0.4 is 0 Å². The fraction of sp³-hybridized carbons (Fsp3) is 1.00. The average molecular weight is 214 g/mol. The summed E-state index contributed by atoms with van der Waals surface area (Å²) in [6.45, 7) is 24.4. The van der Waals surface area contributed by atoms with Gasteiger partial charge in [-0.15, -0.1) is 0 Å². The summed E-state index contributed by atoms with van der Waals surface area (Å²) >= 11 is 0. The van der Waals surface area contributed by atoms with Crippen LogP contribution in [0.5, 0.6) is 0 Å². The molecule has 0 amide bonds. The van der Waals surface area contributed by atoms with Crippen LogP contribution in [-0.4, -0.2) is 8.07 Å². The van der Waals surface area contributed by atoms with Crippen LogP contribution in [0.15, 0.2) is 0 Å². The van der Waals surface area contributed by atoms with Crippen molar-refractivity contribution in [3.05, 3.63) is 0 Å². The fourth-order valence-corrected chi connectivity index (χ4v) is 10.1. The molecule has 0 unspecified atom stereocenters. The fourth-order valence-electron chi connectivity index (χ4n) is 3.38. The zero-order valence-corrected chi connectivity index (χ0v) is 13.0. The molecule has 0 aliphatic rings. The van der Waals surface area contributed by atoms with E-state index in [2.05, 4.69) is 68.9 Å². The van der Waals surface area contributed by atoms with Crippen molar-refractivity contribution in [3.8, 4) is 0 Å². The summed E-state index contributed by atoms with van der Waals surface area (Å²) in [6.07, 6.45) is 0. The van der Waals surface area contributed by atoms with Gasteiger partial charge in [0.25, 0.3) is 0 Å². The first-order valence-corrected chi connectivity index (χ1v) is 8.25. The lowest BCUT2D eigenvalue weighted by Gasteiger charge is -2.57. The summed E-state index contributed by atoms with van der Waals surface area (Å²) in [4.78, 5) is 0. The maximum absolute atomic E-state index is 2.58. The van der Waals surface area contributed by atoms with Gasteiger partial charge in [-0.1, -0.05) is 68.9 Å². The highest BCUT2D eigenvalue weighted by Gasteiger charge is 2.55. The van der Waals surface area contributed by atoms with Gasteiger partial charge in [-0.2, -0.15) is 0 Å². The summed E-state index contributed by atoms with van der Waals surface area (Å²) in [5.41, 5.74) is 0. The predicted octanol–water partition coefficient (Wildman–Crippen LogP) is 5.47. The van der Waals surface area contributed by atoms with Gasteiger partial charge in [0.05, 0.1) is 8.07 Å². The van der Waals surface area contributed by atoms with E-state index in [1.807, 2.05) is 0 Å². The van der Waals surface area contributed by atoms with E-state index >= 15 is 0 Å². The molecule has 1 heteroatoms. The molecule has 0 atom stereocenters. The van der Waals surface area contributed by atoms with Crippen LogP contribution in [0.25, 0.3) is 0 Å². The Morgan fingerprint density at radius 2 is 0.643 bits per heavy atom. The van der Waals surface area contributed by atoms with E-state index in [0.717, 1.165) is 0 Å². The monoisotopic (exact) mass is 214 g/mol. The summed E-state index contributed by atoms with van der Waals surface area (Å²) in [5, 5.41) is 1.39. The molecule has 0 aliphatic heterocycles. The molecule has 0 saturated heterocycles. The maximum Gasteiger partial charge on any atom is 0.0666 e. The minimum absolute atomic E-state index is 0.462. The molecule has 0 aromatic heterocycles. The third kappa shape index (κ3) is 2.08. The highest BCUT2D eigenvalue weighted by molar-refractivity contribution is 6.86. The van der Waals surface area contributed by atoms with Gasteiger partial charge in [0.1, 0.15) is 0 Å². The smallest absolute Gasteiger partial charge is 0.0666 e. The molecule has 0 heterocycles. The highest BCUT2D eigenvalue weighted by Crippen LogP contribution is 2.61. The van der Waals surface area contributed by atoms with Gasteiger partial charge in [-0.05, 0) is 15.1 Å². The molecule has 86 valence electrons. The van der Waals surface area contributed by atoms with Crippen molar-refractivity contribution in [1.29, 1.82) is 0 Å². The Balaban J connectivity index is 5.54. The minimum atomic E-state index is -1.35. The molecular weight excluding hydrogens is 184 g/mol. The lowest BCUT2D eigenvalue weighted by molar-refractivity contribution is 0.538. The van der Waals surface area contributed by atoms with E-state index in [-0.39, 0.29) is 0 Å². The first-order chi connectivity index (χ1) is 5.75. The second-order valence-corrected chi connectivity index (χ2v) is 14.6. The second-order valence-electron chi connectivity index (χ2n) is 7.88. The Morgan fingerprint density at radius 3 is 0.643 bits per heavy atom. The minimum Gasteiger partial charge on any atom is -0.0680 e. The van der Waals surface area contributed by atoms with Crippen molar-refractivity contribution < 1.29 is 0 Å². The highest BCUT2D eigenvalue weighted by atomic mass is 28.3. The second kappa shape index (κ2) is 3.36. The molecule has 0 aromatic carbocycles. The molecule has 14 heavy (non-hydrogen) atoms. The summed E-state index contributed by atoms with van der Waals surface area (Å²) < 4.78 is 0. The molecule has 0 nitrogen and oxygen atoms in total. The van der Waals surface area contributed by atoms with Crippen LogP contribution >= 0.6 is 0 Å². The zero-order valence-electron chi connectivity index (χ0n) is 12.0. The van der Waals surface area contributed by atoms with E-state index in [9.17, 15) is 0 Å². The van der Waals surface area contributed by atoms with Gasteiger partial charge >= 0.3 is 0 Å². The molecule has 0 N–H and O–H groups in total. The molecule has 0 aliphatic carbocycles. The Kier molecular flexibility index (Phi) is 3.42. The van der Waals surface area contributed by atoms with Crippen LogP contribution in [0.4, 0.5) is 0 Å². The van der Waals surface area contributed by atoms with Crippen molar-refractivity contribution >= 4 is 8.07 Å². The van der Waals surface area contributed by atoms with Gasteiger partial charge in [-0.3, -0.25) is 0 Å². The van der Waals surface area contributed by atoms with Crippen molar-refractivity contribution in [2.45, 2.75) is 84.0 Å². The number of hydrogen-bond donors (Lipinski definition) is 0. The van der Waals surface area contributed by atoms with E-state index in [1.165, 1.54) is 0 Å². The van der Waals surface area contributed by atoms with E-state index in [0.29, 0.717) is 15.1 Å². The van der Waals surface area contributed by atoms with Gasteiger partial charge in [0, 0.05) is 0 Å². The molecule has 0 aromatic rings. The first kappa shape index (κ1) is 14.2. The SMILES string of the molecule is CC(C)(C)[Si](C)(C(C)(C)C)C(C)(C)C. The lowest BCUT2D eigenvalue weighted by atomic mass is 10.2. The van der Waals surface area contributed by atoms with Crippen molar-refractivity contribution in [1.82, 2.24) is 0 Å². The predicted molar refractivity (Wildman–Crippen MR) is 70.8 cm³/mol. The number of hydrogen-bond acceptors (Lipinski definition) is 0. The quantitative estimate of drug-likeness (QED) is 0.469. The van der Waals surface area contributed by atoms with Crippen molar-refractivity contribution in [3.63, 3.8) is 0 Å². The average Bonchev–Trinajstić information content (AvgIpc) is 1.77. The van der Waals surface area contributed by atoms with E-state index in [1.54, 1.807) is 0 Å². The third-order valence-electron chi connectivity index (χ3n) is 4.50. The molecule has 0 fully saturated rings. The maximum atomic E-state index is 2.58. The van der Waals surface area contributed by atoms with Gasteiger partial charge < -0.3 is 0 Å². The molecular formula is C13H30Si. The van der Waals surface area contributed by atoms with Gasteiger partial charge in [-0.25, -0.2) is 0 Å². The van der Waals surface area contributed by atoms with Crippen LogP contribution in [0, 0.1) is 0 Å². The Bertz CT molecular complexity index is 159. The Morgan fingerprint density at radius 1 is 0.500 bits per heavy atom. The third-order valence-corrected chi connectivity index (χ3v) is 13.5. The van der Waals surface area contributed by atoms with Gasteiger partial charge in [0.2, 0.25) is 0 Å². The standard InChI is InChI=1S/C13H30Si/c1-11(2,3)14(10,12(4,5)6)13(7,8)9/h1-10H3. The summed E-state index contributed by atoms with van der Waals surface area (Å²) in [7, 11) is -1.35. The molecule has 0 rings (SSSR count). The first-order valence-electron chi connectivity index (χ1n) is 5.75.